The molecule has 2 aromatic rings. The Labute approximate surface area is 133 Å². The Hall–Kier alpha value is -2.14. The van der Waals surface area contributed by atoms with Gasteiger partial charge in [0, 0.05) is 16.0 Å². The van der Waals surface area contributed by atoms with E-state index in [4.69, 9.17) is 5.73 Å². The molecule has 2 N–H and O–H groups in total. The zero-order chi connectivity index (χ0) is 15.5. The molecule has 0 fully saturated rings. The van der Waals surface area contributed by atoms with E-state index in [0.29, 0.717) is 12.4 Å². The van der Waals surface area contributed by atoms with E-state index in [1.54, 1.807) is 17.8 Å². The van der Waals surface area contributed by atoms with Crippen molar-refractivity contribution in [1.82, 2.24) is 0 Å². The van der Waals surface area contributed by atoms with Crippen molar-refractivity contribution in [3.8, 4) is 0 Å². The van der Waals surface area contributed by atoms with Crippen LogP contribution in [0.2, 0.25) is 0 Å². The number of aliphatic imine (C=N–C) groups is 2. The number of fused-ring (bicyclic) bond motifs is 1. The second-order valence-corrected chi connectivity index (χ2v) is 6.23. The van der Waals surface area contributed by atoms with Crippen molar-refractivity contribution in [1.29, 1.82) is 0 Å². The van der Waals surface area contributed by atoms with Crippen LogP contribution < -0.4 is 5.73 Å². The quantitative estimate of drug-likeness (QED) is 0.877. The summed E-state index contributed by atoms with van der Waals surface area (Å²) in [5.41, 5.74) is 9.04. The molecule has 0 aromatic heterocycles. The van der Waals surface area contributed by atoms with Gasteiger partial charge in [0.15, 0.2) is 0 Å². The fourth-order valence-electron chi connectivity index (χ4n) is 2.38. The lowest BCUT2D eigenvalue weighted by atomic mass is 10.0. The largest absolute Gasteiger partial charge is 0.386 e. The fraction of sp³-hybridized carbons (Fsp3) is 0.176. The van der Waals surface area contributed by atoms with Crippen molar-refractivity contribution in [3.63, 3.8) is 0 Å². The fourth-order valence-corrected chi connectivity index (χ4v) is 3.07. The van der Waals surface area contributed by atoms with Crippen LogP contribution in [-0.2, 0) is 0 Å². The van der Waals surface area contributed by atoms with Crippen LogP contribution in [0.15, 0.2) is 57.3 Å². The smallest absolute Gasteiger partial charge is 0.123 e. The third-order valence-electron chi connectivity index (χ3n) is 3.30. The molecule has 112 valence electrons. The lowest BCUT2D eigenvalue weighted by Crippen LogP contribution is -2.14. The monoisotopic (exact) mass is 313 g/mol. The normalized spacial score (nSPS) is 13.9. The van der Waals surface area contributed by atoms with E-state index < -0.39 is 0 Å². The third kappa shape index (κ3) is 3.04. The molecule has 0 saturated carbocycles. The van der Waals surface area contributed by atoms with E-state index in [1.807, 2.05) is 24.3 Å². The number of nitrogens with zero attached hydrogens (tertiary/aromatic N) is 2. The van der Waals surface area contributed by atoms with E-state index in [2.05, 4.69) is 16.9 Å². The van der Waals surface area contributed by atoms with Gasteiger partial charge in [-0.25, -0.2) is 9.38 Å². The van der Waals surface area contributed by atoms with Gasteiger partial charge in [0.1, 0.15) is 11.7 Å². The summed E-state index contributed by atoms with van der Waals surface area (Å²) < 4.78 is 13.5. The minimum atomic E-state index is -0.280. The summed E-state index contributed by atoms with van der Waals surface area (Å²) in [7, 11) is 0. The molecular weight excluding hydrogens is 297 g/mol. The standard InChI is InChI=1S/C17H16FN3S/c1-2-22-13-6-7-14-15(9-13)21-16(19)10-20-17(14)11-4-3-5-12(18)8-11/h3-9H,2,10H2,1H3,(H2,19,21). The average molecular weight is 313 g/mol. The van der Waals surface area contributed by atoms with Gasteiger partial charge in [0.25, 0.3) is 0 Å². The average Bonchev–Trinajstić information content (AvgIpc) is 2.65. The molecule has 0 spiro atoms. The summed E-state index contributed by atoms with van der Waals surface area (Å²) >= 11 is 1.75. The van der Waals surface area contributed by atoms with Crippen molar-refractivity contribution < 1.29 is 4.39 Å². The molecule has 0 bridgehead atoms. The Morgan fingerprint density at radius 2 is 2.09 bits per heavy atom. The minimum absolute atomic E-state index is 0.280. The van der Waals surface area contributed by atoms with E-state index in [1.165, 1.54) is 12.1 Å². The maximum absolute atomic E-state index is 13.5. The topological polar surface area (TPSA) is 50.7 Å². The highest BCUT2D eigenvalue weighted by molar-refractivity contribution is 7.99. The van der Waals surface area contributed by atoms with Crippen molar-refractivity contribution in [2.24, 2.45) is 15.7 Å². The Kier molecular flexibility index (Phi) is 4.24. The van der Waals surface area contributed by atoms with Gasteiger partial charge < -0.3 is 5.73 Å². The van der Waals surface area contributed by atoms with E-state index >= 15 is 0 Å². The Morgan fingerprint density at radius 1 is 1.23 bits per heavy atom. The lowest BCUT2D eigenvalue weighted by molar-refractivity contribution is 0.627. The first-order valence-electron chi connectivity index (χ1n) is 7.08. The molecule has 2 aromatic carbocycles. The summed E-state index contributed by atoms with van der Waals surface area (Å²) in [5.74, 6) is 1.17. The van der Waals surface area contributed by atoms with Crippen molar-refractivity contribution in [2.45, 2.75) is 11.8 Å². The zero-order valence-electron chi connectivity index (χ0n) is 12.2. The molecule has 3 rings (SSSR count). The number of benzene rings is 2. The van der Waals surface area contributed by atoms with Crippen molar-refractivity contribution >= 4 is 29.0 Å². The van der Waals surface area contributed by atoms with Crippen LogP contribution in [0.5, 0.6) is 0 Å². The molecule has 5 heteroatoms. The summed E-state index contributed by atoms with van der Waals surface area (Å²) in [6, 6.07) is 12.5. The number of hydrogen-bond acceptors (Lipinski definition) is 4. The zero-order valence-corrected chi connectivity index (χ0v) is 13.0. The first-order valence-corrected chi connectivity index (χ1v) is 8.06. The van der Waals surface area contributed by atoms with Crippen LogP contribution in [0.1, 0.15) is 18.1 Å². The second kappa shape index (κ2) is 6.32. The van der Waals surface area contributed by atoms with Gasteiger partial charge in [-0.05, 0) is 36.1 Å². The highest BCUT2D eigenvalue weighted by Gasteiger charge is 2.16. The van der Waals surface area contributed by atoms with Crippen molar-refractivity contribution in [2.75, 3.05) is 12.3 Å². The van der Waals surface area contributed by atoms with E-state index in [-0.39, 0.29) is 5.82 Å². The number of rotatable bonds is 3. The van der Waals surface area contributed by atoms with Crippen LogP contribution in [0.4, 0.5) is 10.1 Å². The third-order valence-corrected chi connectivity index (χ3v) is 4.17. The Morgan fingerprint density at radius 3 is 2.86 bits per heavy atom. The van der Waals surface area contributed by atoms with Gasteiger partial charge in [0.05, 0.1) is 17.9 Å². The predicted octanol–water partition coefficient (Wildman–Crippen LogP) is 3.78. The molecular formula is C17H16FN3S. The summed E-state index contributed by atoms with van der Waals surface area (Å²) in [6.07, 6.45) is 0. The van der Waals surface area contributed by atoms with Crippen LogP contribution in [0.25, 0.3) is 0 Å². The second-order valence-electron chi connectivity index (χ2n) is 4.89. The Balaban J connectivity index is 2.12. The molecule has 0 aliphatic carbocycles. The van der Waals surface area contributed by atoms with E-state index in [0.717, 1.165) is 33.2 Å². The van der Waals surface area contributed by atoms with Gasteiger partial charge in [-0.2, -0.15) is 0 Å². The van der Waals surface area contributed by atoms with Gasteiger partial charge in [-0.3, -0.25) is 4.99 Å². The molecule has 22 heavy (non-hydrogen) atoms. The maximum atomic E-state index is 13.5. The van der Waals surface area contributed by atoms with Gasteiger partial charge in [-0.15, -0.1) is 11.8 Å². The molecule has 0 saturated heterocycles. The first-order chi connectivity index (χ1) is 10.7. The lowest BCUT2D eigenvalue weighted by Gasteiger charge is -2.10. The van der Waals surface area contributed by atoms with Crippen LogP contribution in [0, 0.1) is 5.82 Å². The van der Waals surface area contributed by atoms with Gasteiger partial charge >= 0.3 is 0 Å². The SMILES string of the molecule is CCSc1ccc2c(c1)N=C(N)CN=C2c1cccc(F)c1. The van der Waals surface area contributed by atoms with Crippen molar-refractivity contribution in [3.05, 3.63) is 59.4 Å². The summed E-state index contributed by atoms with van der Waals surface area (Å²) in [4.78, 5) is 10.1. The predicted molar refractivity (Wildman–Crippen MR) is 91.0 cm³/mol. The highest BCUT2D eigenvalue weighted by Crippen LogP contribution is 2.30. The molecule has 1 aliphatic heterocycles. The maximum Gasteiger partial charge on any atom is 0.123 e. The van der Waals surface area contributed by atoms with Gasteiger partial charge in [-0.1, -0.05) is 19.1 Å². The number of hydrogen-bond donors (Lipinski definition) is 1. The molecule has 1 heterocycles. The highest BCUT2D eigenvalue weighted by atomic mass is 32.2. The Bertz CT molecular complexity index is 768. The molecule has 0 atom stereocenters. The molecule has 0 amide bonds. The number of amidine groups is 1. The van der Waals surface area contributed by atoms with E-state index in [9.17, 15) is 4.39 Å². The van der Waals surface area contributed by atoms with Crippen LogP contribution in [0.3, 0.4) is 0 Å². The van der Waals surface area contributed by atoms with Crippen LogP contribution >= 0.6 is 11.8 Å². The summed E-state index contributed by atoms with van der Waals surface area (Å²) in [5, 5.41) is 0. The van der Waals surface area contributed by atoms with Gasteiger partial charge in [0.2, 0.25) is 0 Å². The number of nitrogens with two attached hydrogens (primary N) is 1. The first kappa shape index (κ1) is 14.8. The van der Waals surface area contributed by atoms with Crippen LogP contribution in [-0.4, -0.2) is 23.8 Å². The molecule has 0 radical (unpaired) electrons. The molecule has 0 unspecified atom stereocenters. The number of thioether (sulfide) groups is 1. The molecule has 3 nitrogen and oxygen atoms in total. The number of halogens is 1. The summed E-state index contributed by atoms with van der Waals surface area (Å²) in [6.45, 7) is 2.42. The molecule has 1 aliphatic rings. The minimum Gasteiger partial charge on any atom is -0.386 e.